The summed E-state index contributed by atoms with van der Waals surface area (Å²) in [5.74, 6) is -0.419. The molecule has 102 valence electrons. The largest absolute Gasteiger partial charge is 0.475 e. The Morgan fingerprint density at radius 3 is 2.68 bits per heavy atom. The van der Waals surface area contributed by atoms with E-state index in [4.69, 9.17) is 4.42 Å². The fourth-order valence-corrected chi connectivity index (χ4v) is 2.39. The van der Waals surface area contributed by atoms with Gasteiger partial charge in [-0.05, 0) is 19.0 Å². The summed E-state index contributed by atoms with van der Waals surface area (Å²) in [6.45, 7) is 5.78. The van der Waals surface area contributed by atoms with Crippen molar-refractivity contribution in [1.82, 2.24) is 4.90 Å². The van der Waals surface area contributed by atoms with E-state index in [1.807, 2.05) is 25.2 Å². The van der Waals surface area contributed by atoms with Gasteiger partial charge in [0.1, 0.15) is 5.58 Å². The predicted octanol–water partition coefficient (Wildman–Crippen LogP) is 3.22. The van der Waals surface area contributed by atoms with Gasteiger partial charge >= 0.3 is 5.97 Å². The van der Waals surface area contributed by atoms with E-state index in [-0.39, 0.29) is 5.76 Å². The van der Waals surface area contributed by atoms with E-state index in [0.29, 0.717) is 18.0 Å². The first-order chi connectivity index (χ1) is 8.99. The molecular weight excluding hydrogens is 242 g/mol. The minimum atomic E-state index is -1.01. The fourth-order valence-electron chi connectivity index (χ4n) is 2.39. The van der Waals surface area contributed by atoms with E-state index in [9.17, 15) is 9.90 Å². The second-order valence-corrected chi connectivity index (χ2v) is 5.30. The number of para-hydroxylation sites is 1. The molecule has 0 bridgehead atoms. The van der Waals surface area contributed by atoms with Crippen LogP contribution >= 0.6 is 0 Å². The van der Waals surface area contributed by atoms with Crippen LogP contribution < -0.4 is 0 Å². The summed E-state index contributed by atoms with van der Waals surface area (Å²) in [5, 5.41) is 10.1. The zero-order chi connectivity index (χ0) is 14.0. The number of aromatic carboxylic acids is 1. The first-order valence-corrected chi connectivity index (χ1v) is 6.41. The molecule has 0 radical (unpaired) electrons. The first-order valence-electron chi connectivity index (χ1n) is 6.41. The monoisotopic (exact) mass is 261 g/mol. The molecule has 0 spiro atoms. The molecule has 1 aromatic carbocycles. The van der Waals surface area contributed by atoms with Crippen LogP contribution in [0, 0.1) is 5.92 Å². The number of furan rings is 1. The van der Waals surface area contributed by atoms with Gasteiger partial charge in [-0.15, -0.1) is 0 Å². The minimum Gasteiger partial charge on any atom is -0.475 e. The molecule has 0 atom stereocenters. The number of fused-ring (bicyclic) bond motifs is 1. The maximum Gasteiger partial charge on any atom is 0.372 e. The third kappa shape index (κ3) is 2.96. The Labute approximate surface area is 112 Å². The molecule has 4 heteroatoms. The van der Waals surface area contributed by atoms with E-state index in [0.717, 1.165) is 17.5 Å². The second kappa shape index (κ2) is 5.45. The number of rotatable bonds is 5. The van der Waals surface area contributed by atoms with Crippen molar-refractivity contribution in [2.24, 2.45) is 5.92 Å². The van der Waals surface area contributed by atoms with Crippen molar-refractivity contribution in [2.75, 3.05) is 13.6 Å². The summed E-state index contributed by atoms with van der Waals surface area (Å²) < 4.78 is 5.44. The predicted molar refractivity (Wildman–Crippen MR) is 74.3 cm³/mol. The van der Waals surface area contributed by atoms with Crippen molar-refractivity contribution in [3.8, 4) is 0 Å². The van der Waals surface area contributed by atoms with Crippen molar-refractivity contribution in [3.63, 3.8) is 0 Å². The first kappa shape index (κ1) is 13.6. The van der Waals surface area contributed by atoms with E-state index < -0.39 is 5.97 Å². The Morgan fingerprint density at radius 1 is 1.37 bits per heavy atom. The molecule has 1 aromatic heterocycles. The molecule has 19 heavy (non-hydrogen) atoms. The Morgan fingerprint density at radius 2 is 2.05 bits per heavy atom. The van der Waals surface area contributed by atoms with E-state index in [1.165, 1.54) is 0 Å². The van der Waals surface area contributed by atoms with Crippen molar-refractivity contribution < 1.29 is 14.3 Å². The van der Waals surface area contributed by atoms with Crippen LogP contribution in [0.15, 0.2) is 28.7 Å². The lowest BCUT2D eigenvalue weighted by Crippen LogP contribution is -2.23. The highest BCUT2D eigenvalue weighted by atomic mass is 16.4. The van der Waals surface area contributed by atoms with Gasteiger partial charge in [0.2, 0.25) is 5.76 Å². The lowest BCUT2D eigenvalue weighted by atomic mass is 10.1. The van der Waals surface area contributed by atoms with Gasteiger partial charge in [0.15, 0.2) is 0 Å². The average molecular weight is 261 g/mol. The summed E-state index contributed by atoms with van der Waals surface area (Å²) in [6.07, 6.45) is 0. The highest BCUT2D eigenvalue weighted by Gasteiger charge is 2.20. The fraction of sp³-hybridized carbons (Fsp3) is 0.400. The number of nitrogens with zero attached hydrogens (tertiary/aromatic N) is 1. The summed E-state index contributed by atoms with van der Waals surface area (Å²) in [6, 6.07) is 7.45. The summed E-state index contributed by atoms with van der Waals surface area (Å²) in [7, 11) is 1.99. The van der Waals surface area contributed by atoms with Crippen LogP contribution in [0.2, 0.25) is 0 Å². The maximum absolute atomic E-state index is 11.3. The molecule has 1 N–H and O–H groups in total. The number of hydrogen-bond donors (Lipinski definition) is 1. The standard InChI is InChI=1S/C15H19NO3/c1-10(2)8-16(3)9-12-11-6-4-5-7-13(11)19-14(12)15(17)18/h4-7,10H,8-9H2,1-3H3,(H,17,18). The molecule has 0 aliphatic rings. The molecule has 4 nitrogen and oxygen atoms in total. The van der Waals surface area contributed by atoms with E-state index >= 15 is 0 Å². The highest BCUT2D eigenvalue weighted by molar-refractivity contribution is 5.95. The molecule has 2 rings (SSSR count). The lowest BCUT2D eigenvalue weighted by Gasteiger charge is -2.18. The highest BCUT2D eigenvalue weighted by Crippen LogP contribution is 2.27. The Balaban J connectivity index is 2.39. The van der Waals surface area contributed by atoms with Crippen molar-refractivity contribution in [1.29, 1.82) is 0 Å². The molecule has 0 aliphatic heterocycles. The van der Waals surface area contributed by atoms with Crippen molar-refractivity contribution in [3.05, 3.63) is 35.6 Å². The third-order valence-electron chi connectivity index (χ3n) is 3.00. The molecule has 0 fully saturated rings. The summed E-state index contributed by atoms with van der Waals surface area (Å²) >= 11 is 0. The topological polar surface area (TPSA) is 53.7 Å². The van der Waals surface area contributed by atoms with Crippen LogP contribution in [-0.4, -0.2) is 29.6 Å². The van der Waals surface area contributed by atoms with Gasteiger partial charge in [-0.25, -0.2) is 4.79 Å². The normalized spacial score (nSPS) is 11.6. The molecular formula is C15H19NO3. The third-order valence-corrected chi connectivity index (χ3v) is 3.00. The van der Waals surface area contributed by atoms with Gasteiger partial charge < -0.3 is 14.4 Å². The van der Waals surface area contributed by atoms with Crippen LogP contribution in [0.3, 0.4) is 0 Å². The minimum absolute atomic E-state index is 0.0526. The van der Waals surface area contributed by atoms with Crippen LogP contribution in [0.4, 0.5) is 0 Å². The van der Waals surface area contributed by atoms with Gasteiger partial charge in [0.25, 0.3) is 0 Å². The molecule has 0 saturated carbocycles. The zero-order valence-electron chi connectivity index (χ0n) is 11.5. The smallest absolute Gasteiger partial charge is 0.372 e. The van der Waals surface area contributed by atoms with Gasteiger partial charge in [0, 0.05) is 24.0 Å². The molecule has 0 aliphatic carbocycles. The SMILES string of the molecule is CC(C)CN(C)Cc1c(C(=O)O)oc2ccccc12. The average Bonchev–Trinajstić information content (AvgIpc) is 2.67. The van der Waals surface area contributed by atoms with Gasteiger partial charge in [0.05, 0.1) is 0 Å². The quantitative estimate of drug-likeness (QED) is 0.897. The Hall–Kier alpha value is -1.81. The van der Waals surface area contributed by atoms with E-state index in [2.05, 4.69) is 18.7 Å². The number of benzene rings is 1. The summed E-state index contributed by atoms with van der Waals surface area (Å²) in [5.41, 5.74) is 1.39. The van der Waals surface area contributed by atoms with Crippen LogP contribution in [-0.2, 0) is 6.54 Å². The van der Waals surface area contributed by atoms with Crippen LogP contribution in [0.25, 0.3) is 11.0 Å². The van der Waals surface area contributed by atoms with Crippen molar-refractivity contribution >= 4 is 16.9 Å². The van der Waals surface area contributed by atoms with Crippen LogP contribution in [0.1, 0.15) is 30.0 Å². The Kier molecular flexibility index (Phi) is 3.90. The lowest BCUT2D eigenvalue weighted by molar-refractivity contribution is 0.0662. The molecule has 0 unspecified atom stereocenters. The van der Waals surface area contributed by atoms with Gasteiger partial charge in [-0.2, -0.15) is 0 Å². The molecule has 2 aromatic rings. The summed E-state index contributed by atoms with van der Waals surface area (Å²) in [4.78, 5) is 13.4. The number of carboxylic acid groups (broad SMARTS) is 1. The molecule has 0 saturated heterocycles. The number of carbonyl (C=O) groups is 1. The van der Waals surface area contributed by atoms with Gasteiger partial charge in [-0.1, -0.05) is 32.0 Å². The molecule has 1 heterocycles. The van der Waals surface area contributed by atoms with Crippen LogP contribution in [0.5, 0.6) is 0 Å². The van der Waals surface area contributed by atoms with E-state index in [1.54, 1.807) is 6.07 Å². The number of hydrogen-bond acceptors (Lipinski definition) is 3. The zero-order valence-corrected chi connectivity index (χ0v) is 11.5. The number of carboxylic acids is 1. The van der Waals surface area contributed by atoms with Crippen molar-refractivity contribution in [2.45, 2.75) is 20.4 Å². The maximum atomic E-state index is 11.3. The van der Waals surface area contributed by atoms with Gasteiger partial charge in [-0.3, -0.25) is 0 Å². The second-order valence-electron chi connectivity index (χ2n) is 5.30. The molecule has 0 amide bonds. The Bertz CT molecular complexity index is 586.